The highest BCUT2D eigenvalue weighted by atomic mass is 14.7. The van der Waals surface area contributed by atoms with Crippen LogP contribution in [0.4, 0.5) is 0 Å². The summed E-state index contributed by atoms with van der Waals surface area (Å²) in [4.78, 5) is 0. The van der Waals surface area contributed by atoms with E-state index in [-0.39, 0.29) is 21.7 Å². The number of rotatable bonds is 4. The van der Waals surface area contributed by atoms with E-state index in [2.05, 4.69) is 139 Å². The summed E-state index contributed by atoms with van der Waals surface area (Å²) in [5.41, 5.74) is 4.88. The van der Waals surface area contributed by atoms with Crippen molar-refractivity contribution in [3.8, 4) is 0 Å². The fourth-order valence-corrected chi connectivity index (χ4v) is 6.19. The Morgan fingerprint density at radius 2 is 1.13 bits per heavy atom. The van der Waals surface area contributed by atoms with Crippen molar-refractivity contribution >= 4 is 0 Å². The molecule has 2 aromatic carbocycles. The van der Waals surface area contributed by atoms with Crippen molar-refractivity contribution in [3.05, 3.63) is 119 Å². The molecule has 30 heavy (non-hydrogen) atoms. The van der Waals surface area contributed by atoms with Crippen LogP contribution in [0.25, 0.3) is 0 Å². The Kier molecular flexibility index (Phi) is 4.81. The zero-order valence-corrected chi connectivity index (χ0v) is 19.2. The first-order chi connectivity index (χ1) is 14.2. The molecule has 0 N–H and O–H groups in total. The van der Waals surface area contributed by atoms with Gasteiger partial charge in [0.2, 0.25) is 0 Å². The van der Waals surface area contributed by atoms with Crippen LogP contribution in [-0.4, -0.2) is 0 Å². The van der Waals surface area contributed by atoms with Crippen LogP contribution in [0.1, 0.15) is 52.7 Å². The summed E-state index contributed by atoms with van der Waals surface area (Å²) < 4.78 is 0. The van der Waals surface area contributed by atoms with Gasteiger partial charge in [0, 0.05) is 16.2 Å². The largest absolute Gasteiger partial charge is 0.0730 e. The van der Waals surface area contributed by atoms with Gasteiger partial charge >= 0.3 is 0 Å². The standard InChI is InChI=1S/C30H34/c1-23-19-22-28(6,24(23)2)30(25-15-9-7-10-16-25,26-17-11-8-12-18-26)29(27(3,4)5)20-13-14-21-29/h7-22H,1-6H3. The molecule has 0 fully saturated rings. The summed E-state index contributed by atoms with van der Waals surface area (Å²) in [6.07, 6.45) is 14.2. The Morgan fingerprint density at radius 1 is 0.667 bits per heavy atom. The van der Waals surface area contributed by atoms with E-state index in [9.17, 15) is 0 Å². The Balaban J connectivity index is 2.25. The lowest BCUT2D eigenvalue weighted by Crippen LogP contribution is -2.59. The molecule has 0 heteroatoms. The Labute approximate surface area is 182 Å². The van der Waals surface area contributed by atoms with E-state index in [0.29, 0.717) is 0 Å². The lowest BCUT2D eigenvalue weighted by molar-refractivity contribution is 0.0586. The number of allylic oxidation sites excluding steroid dienone is 8. The molecule has 0 saturated heterocycles. The van der Waals surface area contributed by atoms with Crippen molar-refractivity contribution in [2.45, 2.75) is 47.0 Å². The first kappa shape index (κ1) is 20.7. The fraction of sp³-hybridized carbons (Fsp3) is 0.333. The highest BCUT2D eigenvalue weighted by molar-refractivity contribution is 5.59. The van der Waals surface area contributed by atoms with Crippen LogP contribution in [0.15, 0.2) is 108 Å². The molecule has 0 bridgehead atoms. The quantitative estimate of drug-likeness (QED) is 0.492. The van der Waals surface area contributed by atoms with Gasteiger partial charge in [0.1, 0.15) is 0 Å². The van der Waals surface area contributed by atoms with Crippen molar-refractivity contribution < 1.29 is 0 Å². The van der Waals surface area contributed by atoms with Gasteiger partial charge in [0.15, 0.2) is 0 Å². The molecule has 1 unspecified atom stereocenters. The lowest BCUT2D eigenvalue weighted by atomic mass is 9.40. The molecule has 0 spiro atoms. The van der Waals surface area contributed by atoms with E-state index in [1.165, 1.54) is 22.3 Å². The third kappa shape index (κ3) is 2.52. The predicted molar refractivity (Wildman–Crippen MR) is 129 cm³/mol. The summed E-state index contributed by atoms with van der Waals surface area (Å²) in [5.74, 6) is 0. The first-order valence-electron chi connectivity index (χ1n) is 11.1. The maximum absolute atomic E-state index is 2.47. The third-order valence-electron chi connectivity index (χ3n) is 7.92. The molecule has 0 heterocycles. The van der Waals surface area contributed by atoms with E-state index in [0.717, 1.165) is 0 Å². The molecule has 4 rings (SSSR count). The van der Waals surface area contributed by atoms with E-state index in [1.807, 2.05) is 0 Å². The maximum Gasteiger partial charge on any atom is 0.0458 e. The SMILES string of the molecule is CC1=C(C)C(C)(C(c2ccccc2)(c2ccccc2)C2(C(C)(C)C)C=CC=C2)C=C1. The molecule has 0 radical (unpaired) electrons. The summed E-state index contributed by atoms with van der Waals surface area (Å²) >= 11 is 0. The summed E-state index contributed by atoms with van der Waals surface area (Å²) in [6.45, 7) is 14.2. The van der Waals surface area contributed by atoms with Crippen LogP contribution in [0.3, 0.4) is 0 Å². The van der Waals surface area contributed by atoms with E-state index in [4.69, 9.17) is 0 Å². The highest BCUT2D eigenvalue weighted by Gasteiger charge is 2.65. The number of hydrogen-bond donors (Lipinski definition) is 0. The van der Waals surface area contributed by atoms with Crippen LogP contribution < -0.4 is 0 Å². The second kappa shape index (κ2) is 6.98. The van der Waals surface area contributed by atoms with Gasteiger partial charge < -0.3 is 0 Å². The maximum atomic E-state index is 2.47. The minimum atomic E-state index is -0.303. The van der Waals surface area contributed by atoms with Crippen LogP contribution in [-0.2, 0) is 5.41 Å². The summed E-state index contributed by atoms with van der Waals surface area (Å²) in [6, 6.07) is 22.4. The third-order valence-corrected chi connectivity index (χ3v) is 7.92. The average molecular weight is 395 g/mol. The molecular weight excluding hydrogens is 360 g/mol. The molecule has 0 amide bonds. The van der Waals surface area contributed by atoms with Crippen molar-refractivity contribution in [2.24, 2.45) is 16.2 Å². The van der Waals surface area contributed by atoms with E-state index < -0.39 is 0 Å². The minimum Gasteiger partial charge on any atom is -0.0730 e. The van der Waals surface area contributed by atoms with Crippen molar-refractivity contribution in [2.75, 3.05) is 0 Å². The van der Waals surface area contributed by atoms with Crippen molar-refractivity contribution in [1.29, 1.82) is 0 Å². The Morgan fingerprint density at radius 3 is 1.50 bits per heavy atom. The molecule has 1 atom stereocenters. The summed E-state index contributed by atoms with van der Waals surface area (Å²) in [5, 5.41) is 0. The summed E-state index contributed by atoms with van der Waals surface area (Å²) in [7, 11) is 0. The molecule has 0 nitrogen and oxygen atoms in total. The fourth-order valence-electron chi connectivity index (χ4n) is 6.19. The molecule has 0 aromatic heterocycles. The zero-order valence-electron chi connectivity index (χ0n) is 19.2. The molecule has 154 valence electrons. The Hall–Kier alpha value is -2.60. The van der Waals surface area contributed by atoms with Crippen molar-refractivity contribution in [3.63, 3.8) is 0 Å². The lowest BCUT2D eigenvalue weighted by Gasteiger charge is -2.61. The molecule has 2 aliphatic rings. The van der Waals surface area contributed by atoms with Gasteiger partial charge in [-0.05, 0) is 30.4 Å². The van der Waals surface area contributed by atoms with Gasteiger partial charge in [0.25, 0.3) is 0 Å². The van der Waals surface area contributed by atoms with Gasteiger partial charge in [-0.2, -0.15) is 0 Å². The van der Waals surface area contributed by atoms with Crippen LogP contribution in [0.2, 0.25) is 0 Å². The molecular formula is C30H34. The molecule has 0 saturated carbocycles. The van der Waals surface area contributed by atoms with Gasteiger partial charge in [-0.3, -0.25) is 0 Å². The van der Waals surface area contributed by atoms with Gasteiger partial charge in [0.05, 0.1) is 0 Å². The highest BCUT2D eigenvalue weighted by Crippen LogP contribution is 2.69. The topological polar surface area (TPSA) is 0 Å². The minimum absolute atomic E-state index is 0.00416. The predicted octanol–water partition coefficient (Wildman–Crippen LogP) is 8.04. The van der Waals surface area contributed by atoms with Crippen molar-refractivity contribution in [1.82, 2.24) is 0 Å². The molecule has 2 aliphatic carbocycles. The number of hydrogen-bond acceptors (Lipinski definition) is 0. The van der Waals surface area contributed by atoms with E-state index in [1.54, 1.807) is 0 Å². The Bertz CT molecular complexity index is 987. The normalized spacial score (nSPS) is 22.9. The van der Waals surface area contributed by atoms with Gasteiger partial charge in [-0.1, -0.05) is 136 Å². The second-order valence-corrected chi connectivity index (χ2v) is 10.2. The zero-order chi connectivity index (χ0) is 21.6. The van der Waals surface area contributed by atoms with Gasteiger partial charge in [-0.25, -0.2) is 0 Å². The molecule has 2 aromatic rings. The molecule has 0 aliphatic heterocycles. The number of benzene rings is 2. The van der Waals surface area contributed by atoms with E-state index >= 15 is 0 Å². The second-order valence-electron chi connectivity index (χ2n) is 10.2. The van der Waals surface area contributed by atoms with Crippen LogP contribution in [0.5, 0.6) is 0 Å². The average Bonchev–Trinajstić information content (AvgIpc) is 3.33. The first-order valence-corrected chi connectivity index (χ1v) is 11.1. The van der Waals surface area contributed by atoms with Gasteiger partial charge in [-0.15, -0.1) is 0 Å². The smallest absolute Gasteiger partial charge is 0.0458 e. The monoisotopic (exact) mass is 394 g/mol. The van der Waals surface area contributed by atoms with Crippen LogP contribution in [0, 0.1) is 16.2 Å². The van der Waals surface area contributed by atoms with Crippen LogP contribution >= 0.6 is 0 Å².